The molecule has 0 fully saturated rings. The second kappa shape index (κ2) is 7.27. The fraction of sp³-hybridized carbons (Fsp3) is 0.176. The van der Waals surface area contributed by atoms with Crippen LogP contribution in [-0.2, 0) is 6.54 Å². The maximum atomic E-state index is 12.4. The fourth-order valence-corrected chi connectivity index (χ4v) is 2.84. The number of carbonyl (C=O) groups excluding carboxylic acids is 2. The quantitative estimate of drug-likeness (QED) is 0.753. The number of hydrogen-bond donors (Lipinski definition) is 2. The van der Waals surface area contributed by atoms with Gasteiger partial charge in [0, 0.05) is 31.5 Å². The Morgan fingerprint density at radius 2 is 2.00 bits per heavy atom. The third-order valence-electron chi connectivity index (χ3n) is 3.49. The van der Waals surface area contributed by atoms with Crippen LogP contribution in [0.4, 0.5) is 10.5 Å². The second-order valence-electron chi connectivity index (χ2n) is 5.58. The standard InChI is InChI=1S/C17H17N5O2S/c1-22(2)17(24)19-9-13-7-11(5-6-18-13)16(23)21-12-3-4-15-14(8-12)20-10-25-15/h3-8,10H,9H2,1-2H3,(H,19,24)(H,21,23). The van der Waals surface area contributed by atoms with Crippen LogP contribution in [0.3, 0.4) is 0 Å². The number of urea groups is 1. The van der Waals surface area contributed by atoms with Crippen molar-refractivity contribution < 1.29 is 9.59 Å². The molecule has 7 nitrogen and oxygen atoms in total. The Kier molecular flexibility index (Phi) is 4.90. The molecule has 0 aliphatic rings. The molecule has 3 aromatic rings. The summed E-state index contributed by atoms with van der Waals surface area (Å²) in [5, 5.41) is 5.57. The van der Waals surface area contributed by atoms with Gasteiger partial charge in [-0.2, -0.15) is 0 Å². The van der Waals surface area contributed by atoms with Crippen molar-refractivity contribution in [2.45, 2.75) is 6.54 Å². The lowest BCUT2D eigenvalue weighted by molar-refractivity contribution is 0.102. The molecule has 0 atom stereocenters. The van der Waals surface area contributed by atoms with E-state index < -0.39 is 0 Å². The normalized spacial score (nSPS) is 10.5. The summed E-state index contributed by atoms with van der Waals surface area (Å²) in [6, 6.07) is 8.69. The minimum absolute atomic E-state index is 0.215. The molecule has 128 valence electrons. The molecule has 25 heavy (non-hydrogen) atoms. The van der Waals surface area contributed by atoms with Gasteiger partial charge in [0.25, 0.3) is 5.91 Å². The van der Waals surface area contributed by atoms with E-state index in [9.17, 15) is 9.59 Å². The van der Waals surface area contributed by atoms with Crippen LogP contribution in [0.2, 0.25) is 0 Å². The zero-order chi connectivity index (χ0) is 17.8. The van der Waals surface area contributed by atoms with E-state index in [0.717, 1.165) is 10.2 Å². The maximum Gasteiger partial charge on any atom is 0.317 e. The Labute approximate surface area is 148 Å². The van der Waals surface area contributed by atoms with E-state index in [0.29, 0.717) is 16.9 Å². The van der Waals surface area contributed by atoms with Crippen molar-refractivity contribution in [1.82, 2.24) is 20.2 Å². The number of nitrogens with zero attached hydrogens (tertiary/aromatic N) is 3. The van der Waals surface area contributed by atoms with E-state index in [1.165, 1.54) is 4.90 Å². The predicted octanol–water partition coefficient (Wildman–Crippen LogP) is 2.71. The molecular formula is C17H17N5O2S. The van der Waals surface area contributed by atoms with Crippen molar-refractivity contribution in [3.63, 3.8) is 0 Å². The number of carbonyl (C=O) groups is 2. The molecule has 0 radical (unpaired) electrons. The van der Waals surface area contributed by atoms with E-state index in [1.54, 1.807) is 49.3 Å². The van der Waals surface area contributed by atoms with Gasteiger partial charge in [0.15, 0.2) is 0 Å². The number of fused-ring (bicyclic) bond motifs is 1. The van der Waals surface area contributed by atoms with Gasteiger partial charge >= 0.3 is 6.03 Å². The third kappa shape index (κ3) is 4.10. The van der Waals surface area contributed by atoms with Gasteiger partial charge in [-0.05, 0) is 30.3 Å². The zero-order valence-corrected chi connectivity index (χ0v) is 14.6. The lowest BCUT2D eigenvalue weighted by Crippen LogP contribution is -2.34. The summed E-state index contributed by atoms with van der Waals surface area (Å²) in [5.74, 6) is -0.239. The second-order valence-corrected chi connectivity index (χ2v) is 6.46. The van der Waals surface area contributed by atoms with Gasteiger partial charge in [-0.15, -0.1) is 11.3 Å². The minimum Gasteiger partial charge on any atom is -0.332 e. The van der Waals surface area contributed by atoms with Gasteiger partial charge in [-0.25, -0.2) is 9.78 Å². The summed E-state index contributed by atoms with van der Waals surface area (Å²) >= 11 is 1.55. The van der Waals surface area contributed by atoms with Crippen molar-refractivity contribution in [2.75, 3.05) is 19.4 Å². The van der Waals surface area contributed by atoms with Crippen molar-refractivity contribution in [3.05, 3.63) is 53.3 Å². The highest BCUT2D eigenvalue weighted by Crippen LogP contribution is 2.21. The molecule has 0 spiro atoms. The summed E-state index contributed by atoms with van der Waals surface area (Å²) in [6.45, 7) is 0.253. The molecule has 8 heteroatoms. The van der Waals surface area contributed by atoms with E-state index in [1.807, 2.05) is 18.2 Å². The van der Waals surface area contributed by atoms with E-state index >= 15 is 0 Å². The van der Waals surface area contributed by atoms with Gasteiger partial charge in [0.2, 0.25) is 0 Å². The first-order chi connectivity index (χ1) is 12.0. The Bertz CT molecular complexity index is 922. The average Bonchev–Trinajstić information content (AvgIpc) is 3.07. The van der Waals surface area contributed by atoms with Gasteiger partial charge in [-0.1, -0.05) is 0 Å². The van der Waals surface area contributed by atoms with E-state index in [4.69, 9.17) is 0 Å². The van der Waals surface area contributed by atoms with Crippen molar-refractivity contribution in [3.8, 4) is 0 Å². The third-order valence-corrected chi connectivity index (χ3v) is 4.30. The molecular weight excluding hydrogens is 338 g/mol. The molecule has 0 saturated carbocycles. The Morgan fingerprint density at radius 1 is 1.16 bits per heavy atom. The number of thiazole rings is 1. The number of nitrogens with one attached hydrogen (secondary N) is 2. The summed E-state index contributed by atoms with van der Waals surface area (Å²) in [7, 11) is 3.32. The lowest BCUT2D eigenvalue weighted by atomic mass is 10.2. The van der Waals surface area contributed by atoms with Crippen LogP contribution in [-0.4, -0.2) is 40.9 Å². The van der Waals surface area contributed by atoms with E-state index in [2.05, 4.69) is 20.6 Å². The van der Waals surface area contributed by atoms with Gasteiger partial charge in [-0.3, -0.25) is 9.78 Å². The number of rotatable bonds is 4. The van der Waals surface area contributed by atoms with Crippen molar-refractivity contribution >= 4 is 39.2 Å². The summed E-state index contributed by atoms with van der Waals surface area (Å²) in [6.07, 6.45) is 1.55. The molecule has 0 aliphatic heterocycles. The highest BCUT2D eigenvalue weighted by atomic mass is 32.1. The highest BCUT2D eigenvalue weighted by Gasteiger charge is 2.10. The summed E-state index contributed by atoms with van der Waals surface area (Å²) in [5.41, 5.74) is 4.39. The van der Waals surface area contributed by atoms with Crippen LogP contribution < -0.4 is 10.6 Å². The van der Waals surface area contributed by atoms with Crippen LogP contribution >= 0.6 is 11.3 Å². The summed E-state index contributed by atoms with van der Waals surface area (Å²) in [4.78, 5) is 33.8. The Morgan fingerprint density at radius 3 is 2.80 bits per heavy atom. The smallest absolute Gasteiger partial charge is 0.317 e. The molecule has 0 saturated heterocycles. The largest absolute Gasteiger partial charge is 0.332 e. The van der Waals surface area contributed by atoms with Crippen LogP contribution in [0.5, 0.6) is 0 Å². The lowest BCUT2D eigenvalue weighted by Gasteiger charge is -2.12. The van der Waals surface area contributed by atoms with Crippen LogP contribution in [0, 0.1) is 0 Å². The highest BCUT2D eigenvalue weighted by molar-refractivity contribution is 7.16. The molecule has 3 amide bonds. The fourth-order valence-electron chi connectivity index (χ4n) is 2.18. The van der Waals surface area contributed by atoms with Crippen LogP contribution in [0.25, 0.3) is 10.2 Å². The number of aromatic nitrogens is 2. The summed E-state index contributed by atoms with van der Waals surface area (Å²) < 4.78 is 1.07. The van der Waals surface area contributed by atoms with Crippen molar-refractivity contribution in [1.29, 1.82) is 0 Å². The molecule has 2 heterocycles. The topological polar surface area (TPSA) is 87.2 Å². The van der Waals surface area contributed by atoms with E-state index in [-0.39, 0.29) is 18.5 Å². The Balaban J connectivity index is 1.69. The maximum absolute atomic E-state index is 12.4. The molecule has 0 unspecified atom stereocenters. The van der Waals surface area contributed by atoms with Crippen molar-refractivity contribution in [2.24, 2.45) is 0 Å². The first-order valence-corrected chi connectivity index (χ1v) is 8.45. The molecule has 1 aromatic carbocycles. The van der Waals surface area contributed by atoms with Gasteiger partial charge < -0.3 is 15.5 Å². The SMILES string of the molecule is CN(C)C(=O)NCc1cc(C(=O)Nc2ccc3scnc3c2)ccn1. The first-order valence-electron chi connectivity index (χ1n) is 7.57. The average molecular weight is 355 g/mol. The molecule has 2 N–H and O–H groups in total. The molecule has 0 aliphatic carbocycles. The van der Waals surface area contributed by atoms with Gasteiger partial charge in [0.1, 0.15) is 0 Å². The molecule has 3 rings (SSSR count). The monoisotopic (exact) mass is 355 g/mol. The minimum atomic E-state index is -0.239. The number of amides is 3. The predicted molar refractivity (Wildman–Crippen MR) is 97.7 cm³/mol. The Hall–Kier alpha value is -3.00. The molecule has 2 aromatic heterocycles. The van der Waals surface area contributed by atoms with Crippen LogP contribution in [0.15, 0.2) is 42.0 Å². The number of anilines is 1. The first kappa shape index (κ1) is 16.8. The number of benzene rings is 1. The number of hydrogen-bond acceptors (Lipinski definition) is 5. The van der Waals surface area contributed by atoms with Crippen LogP contribution in [0.1, 0.15) is 16.1 Å². The zero-order valence-electron chi connectivity index (χ0n) is 13.8. The number of pyridine rings is 1. The van der Waals surface area contributed by atoms with Gasteiger partial charge in [0.05, 0.1) is 28.0 Å². The molecule has 0 bridgehead atoms.